The fourth-order valence-electron chi connectivity index (χ4n) is 3.30. The van der Waals surface area contributed by atoms with Crippen LogP contribution in [0.5, 0.6) is 0 Å². The number of amides is 1. The largest absolute Gasteiger partial charge is 0.356 e. The number of carbonyl (C=O) groups excluding carboxylic acids is 1. The minimum Gasteiger partial charge on any atom is -0.356 e. The van der Waals surface area contributed by atoms with Crippen molar-refractivity contribution in [3.8, 4) is 0 Å². The Morgan fingerprint density at radius 3 is 2.76 bits per heavy atom. The summed E-state index contributed by atoms with van der Waals surface area (Å²) in [5, 5.41) is 4.03. The Hall–Kier alpha value is -2.62. The predicted molar refractivity (Wildman–Crippen MR) is 99.1 cm³/mol. The minimum absolute atomic E-state index is 0.0101. The molecule has 4 heteroatoms. The first kappa shape index (κ1) is 17.2. The molecule has 0 aliphatic heterocycles. The van der Waals surface area contributed by atoms with Gasteiger partial charge in [-0.25, -0.2) is 4.39 Å². The maximum atomic E-state index is 13.8. The van der Waals surface area contributed by atoms with E-state index in [4.69, 9.17) is 0 Å². The van der Waals surface area contributed by atoms with E-state index in [0.717, 1.165) is 28.5 Å². The fourth-order valence-corrected chi connectivity index (χ4v) is 3.30. The number of para-hydroxylation sites is 1. The van der Waals surface area contributed by atoms with E-state index < -0.39 is 0 Å². The molecule has 1 aromatic heterocycles. The highest BCUT2D eigenvalue weighted by Gasteiger charge is 2.22. The van der Waals surface area contributed by atoms with Crippen LogP contribution in [-0.2, 0) is 11.8 Å². The predicted octanol–water partition coefficient (Wildman–Crippen LogP) is 4.37. The molecule has 0 radical (unpaired) electrons. The summed E-state index contributed by atoms with van der Waals surface area (Å²) in [6.07, 6.45) is 3.25. The number of rotatable bonds is 6. The van der Waals surface area contributed by atoms with E-state index >= 15 is 0 Å². The van der Waals surface area contributed by atoms with E-state index in [9.17, 15) is 9.18 Å². The average Bonchev–Trinajstić information content (AvgIpc) is 2.95. The van der Waals surface area contributed by atoms with Gasteiger partial charge in [0.15, 0.2) is 0 Å². The first-order valence-corrected chi connectivity index (χ1v) is 8.66. The van der Waals surface area contributed by atoms with Crippen molar-refractivity contribution in [2.75, 3.05) is 6.54 Å². The lowest BCUT2D eigenvalue weighted by Gasteiger charge is -2.17. The van der Waals surface area contributed by atoms with Gasteiger partial charge >= 0.3 is 0 Å². The molecule has 0 unspecified atom stereocenters. The van der Waals surface area contributed by atoms with Crippen molar-refractivity contribution in [1.29, 1.82) is 0 Å². The third-order valence-electron chi connectivity index (χ3n) is 4.52. The van der Waals surface area contributed by atoms with Gasteiger partial charge < -0.3 is 9.88 Å². The van der Waals surface area contributed by atoms with Crippen molar-refractivity contribution in [1.82, 2.24) is 9.88 Å². The van der Waals surface area contributed by atoms with Crippen LogP contribution in [-0.4, -0.2) is 17.0 Å². The summed E-state index contributed by atoms with van der Waals surface area (Å²) in [5.41, 5.74) is 2.98. The van der Waals surface area contributed by atoms with Crippen molar-refractivity contribution < 1.29 is 9.18 Å². The van der Waals surface area contributed by atoms with Gasteiger partial charge in [0.1, 0.15) is 5.82 Å². The first-order chi connectivity index (χ1) is 12.1. The molecule has 1 amide bonds. The van der Waals surface area contributed by atoms with Crippen LogP contribution in [0.1, 0.15) is 36.8 Å². The third kappa shape index (κ3) is 3.73. The number of fused-ring (bicyclic) bond motifs is 1. The Kier molecular flexibility index (Phi) is 5.17. The minimum atomic E-state index is -0.281. The molecule has 2 aromatic carbocycles. The third-order valence-corrected chi connectivity index (χ3v) is 4.52. The number of nitrogens with one attached hydrogen (secondary N) is 1. The molecule has 1 heterocycles. The molecule has 3 rings (SSSR count). The number of nitrogens with zero attached hydrogens (tertiary/aromatic N) is 1. The topological polar surface area (TPSA) is 34.0 Å². The lowest BCUT2D eigenvalue weighted by atomic mass is 9.88. The van der Waals surface area contributed by atoms with Gasteiger partial charge in [-0.2, -0.15) is 0 Å². The molecule has 1 atom stereocenters. The van der Waals surface area contributed by atoms with Gasteiger partial charge in [0.2, 0.25) is 5.91 Å². The standard InChI is InChI=1S/C21H23FN2O/c1-3-11-23-21(25)13-18(15-7-6-8-16(22)12-15)19-14-24(2)20-10-5-4-9-17(19)20/h4-10,12,14,18H,3,11,13H2,1-2H3,(H,23,25)/t18-/m0/s1. The number of carbonyl (C=O) groups is 1. The van der Waals surface area contributed by atoms with Crippen LogP contribution in [0.25, 0.3) is 10.9 Å². The van der Waals surface area contributed by atoms with Crippen LogP contribution in [0.3, 0.4) is 0 Å². The van der Waals surface area contributed by atoms with Crippen LogP contribution in [0.4, 0.5) is 4.39 Å². The molecule has 3 nitrogen and oxygen atoms in total. The lowest BCUT2D eigenvalue weighted by Crippen LogP contribution is -2.26. The highest BCUT2D eigenvalue weighted by Crippen LogP contribution is 2.34. The highest BCUT2D eigenvalue weighted by molar-refractivity contribution is 5.86. The van der Waals surface area contributed by atoms with Crippen molar-refractivity contribution in [3.05, 3.63) is 71.7 Å². The summed E-state index contributed by atoms with van der Waals surface area (Å²) in [5.74, 6) is -0.473. The van der Waals surface area contributed by atoms with Crippen molar-refractivity contribution in [3.63, 3.8) is 0 Å². The highest BCUT2D eigenvalue weighted by atomic mass is 19.1. The van der Waals surface area contributed by atoms with Gasteiger partial charge in [0.25, 0.3) is 0 Å². The Bertz CT molecular complexity index is 884. The van der Waals surface area contributed by atoms with Crippen LogP contribution in [0, 0.1) is 5.82 Å². The second-order valence-electron chi connectivity index (χ2n) is 6.37. The maximum Gasteiger partial charge on any atom is 0.220 e. The Morgan fingerprint density at radius 1 is 1.20 bits per heavy atom. The van der Waals surface area contributed by atoms with E-state index in [-0.39, 0.29) is 17.6 Å². The summed E-state index contributed by atoms with van der Waals surface area (Å²) in [7, 11) is 1.99. The van der Waals surface area contributed by atoms with E-state index in [1.54, 1.807) is 6.07 Å². The average molecular weight is 338 g/mol. The molecule has 25 heavy (non-hydrogen) atoms. The zero-order chi connectivity index (χ0) is 17.8. The number of aryl methyl sites for hydroxylation is 1. The van der Waals surface area contributed by atoms with Gasteiger partial charge in [-0.3, -0.25) is 4.79 Å². The smallest absolute Gasteiger partial charge is 0.220 e. The molecule has 3 aromatic rings. The van der Waals surface area contributed by atoms with Crippen molar-refractivity contribution in [2.24, 2.45) is 7.05 Å². The normalized spacial score (nSPS) is 12.3. The summed E-state index contributed by atoms with van der Waals surface area (Å²) < 4.78 is 15.9. The van der Waals surface area contributed by atoms with Crippen LogP contribution in [0.15, 0.2) is 54.7 Å². The van der Waals surface area contributed by atoms with E-state index in [1.165, 1.54) is 12.1 Å². The zero-order valence-corrected chi connectivity index (χ0v) is 14.6. The number of halogens is 1. The molecule has 0 spiro atoms. The molecule has 0 fully saturated rings. The number of benzene rings is 2. The van der Waals surface area contributed by atoms with E-state index in [1.807, 2.05) is 38.4 Å². The molecule has 0 saturated carbocycles. The van der Waals surface area contributed by atoms with Crippen LogP contribution < -0.4 is 5.32 Å². The molecule has 1 N–H and O–H groups in total. The second kappa shape index (κ2) is 7.51. The summed E-state index contributed by atoms with van der Waals surface area (Å²) in [4.78, 5) is 12.4. The van der Waals surface area contributed by atoms with Crippen molar-refractivity contribution in [2.45, 2.75) is 25.7 Å². The Morgan fingerprint density at radius 2 is 2.00 bits per heavy atom. The van der Waals surface area contributed by atoms with E-state index in [2.05, 4.69) is 22.0 Å². The van der Waals surface area contributed by atoms with Crippen LogP contribution >= 0.6 is 0 Å². The van der Waals surface area contributed by atoms with Gasteiger partial charge in [-0.15, -0.1) is 0 Å². The molecule has 0 aliphatic rings. The van der Waals surface area contributed by atoms with Gasteiger partial charge in [0, 0.05) is 43.0 Å². The summed E-state index contributed by atoms with van der Waals surface area (Å²) >= 11 is 0. The molecule has 0 saturated heterocycles. The number of hydrogen-bond acceptors (Lipinski definition) is 1. The van der Waals surface area contributed by atoms with Crippen molar-refractivity contribution >= 4 is 16.8 Å². The first-order valence-electron chi connectivity index (χ1n) is 8.66. The molecule has 130 valence electrons. The van der Waals surface area contributed by atoms with Crippen LogP contribution in [0.2, 0.25) is 0 Å². The maximum absolute atomic E-state index is 13.8. The quantitative estimate of drug-likeness (QED) is 0.712. The summed E-state index contributed by atoms with van der Waals surface area (Å²) in [6, 6.07) is 14.7. The molecule has 0 bridgehead atoms. The van der Waals surface area contributed by atoms with Gasteiger partial charge in [0.05, 0.1) is 0 Å². The molecular formula is C21H23FN2O. The van der Waals surface area contributed by atoms with Gasteiger partial charge in [-0.05, 0) is 35.7 Å². The second-order valence-corrected chi connectivity index (χ2v) is 6.37. The Labute approximate surface area is 147 Å². The fraction of sp³-hybridized carbons (Fsp3) is 0.286. The number of aromatic nitrogens is 1. The zero-order valence-electron chi connectivity index (χ0n) is 14.6. The summed E-state index contributed by atoms with van der Waals surface area (Å²) in [6.45, 7) is 2.68. The SMILES string of the molecule is CCCNC(=O)C[C@@H](c1cccc(F)c1)c1cn(C)c2ccccc12. The van der Waals surface area contributed by atoms with E-state index in [0.29, 0.717) is 13.0 Å². The lowest BCUT2D eigenvalue weighted by molar-refractivity contribution is -0.121. The number of hydrogen-bond donors (Lipinski definition) is 1. The monoisotopic (exact) mass is 338 g/mol. The van der Waals surface area contributed by atoms with Gasteiger partial charge in [-0.1, -0.05) is 37.3 Å². The Balaban J connectivity index is 2.05. The molecular weight excluding hydrogens is 315 g/mol. The molecule has 0 aliphatic carbocycles.